The number of thiocarbonyl (C=S) groups is 1. The van der Waals surface area contributed by atoms with Crippen LogP contribution in [0.3, 0.4) is 0 Å². The molecule has 0 saturated carbocycles. The second-order valence-electron chi connectivity index (χ2n) is 10.5. The number of rotatable bonds is 9. The molecule has 0 unspecified atom stereocenters. The Morgan fingerprint density at radius 1 is 1.00 bits per heavy atom. The Kier molecular flexibility index (Phi) is 9.61. The van der Waals surface area contributed by atoms with Crippen molar-refractivity contribution in [2.45, 2.75) is 26.8 Å². The fourth-order valence-corrected chi connectivity index (χ4v) is 6.98. The number of piperazine rings is 1. The SMILES string of the molecule is CCn1c(N2CCN(c3ccccc3)CC2)c(/C=C2\SC(=S)N(CCc3ccc(OC)c(OC)c3)C2=O)c(C)c(C#N)c1=O. The highest BCUT2D eigenvalue weighted by molar-refractivity contribution is 8.26. The minimum absolute atomic E-state index is 0.0914. The van der Waals surface area contributed by atoms with Crippen molar-refractivity contribution in [2.75, 3.05) is 56.7 Å². The molecular formula is C33H35N5O4S2. The maximum Gasteiger partial charge on any atom is 0.270 e. The highest BCUT2D eigenvalue weighted by atomic mass is 32.2. The summed E-state index contributed by atoms with van der Waals surface area (Å²) in [5.41, 5.74) is 3.20. The Morgan fingerprint density at radius 2 is 1.68 bits per heavy atom. The van der Waals surface area contributed by atoms with Crippen LogP contribution in [0.4, 0.5) is 11.5 Å². The number of amides is 1. The van der Waals surface area contributed by atoms with Gasteiger partial charge in [-0.15, -0.1) is 0 Å². The number of hydrogen-bond acceptors (Lipinski definition) is 9. The Hall–Kier alpha value is -4.27. The monoisotopic (exact) mass is 629 g/mol. The van der Waals surface area contributed by atoms with Crippen molar-refractivity contribution >= 4 is 51.8 Å². The molecule has 2 aromatic carbocycles. The third-order valence-corrected chi connectivity index (χ3v) is 9.46. The standard InChI is InChI=1S/C33H35N5O4S2/c1-5-37-30(36-17-15-35(16-18-36)24-9-7-6-8-10-24)25(22(2)26(21-34)31(37)39)20-29-32(40)38(33(43)44-29)14-13-23-11-12-27(41-3)28(19-23)42-4/h6-12,19-20H,5,13-18H2,1-4H3/b29-20-. The quantitative estimate of drug-likeness (QED) is 0.244. The van der Waals surface area contributed by atoms with E-state index < -0.39 is 0 Å². The van der Waals surface area contributed by atoms with E-state index in [9.17, 15) is 14.9 Å². The molecule has 44 heavy (non-hydrogen) atoms. The molecule has 3 heterocycles. The molecule has 11 heteroatoms. The maximum absolute atomic E-state index is 13.7. The first kappa shape index (κ1) is 31.2. The number of methoxy groups -OCH3 is 2. The van der Waals surface area contributed by atoms with Crippen LogP contribution >= 0.6 is 24.0 Å². The lowest BCUT2D eigenvalue weighted by Crippen LogP contribution is -2.48. The van der Waals surface area contributed by atoms with E-state index in [1.807, 2.05) is 49.4 Å². The molecule has 9 nitrogen and oxygen atoms in total. The lowest BCUT2D eigenvalue weighted by atomic mass is 10.0. The second-order valence-corrected chi connectivity index (χ2v) is 12.2. The summed E-state index contributed by atoms with van der Waals surface area (Å²) in [6, 6.07) is 18.1. The number of benzene rings is 2. The summed E-state index contributed by atoms with van der Waals surface area (Å²) < 4.78 is 12.9. The van der Waals surface area contributed by atoms with Crippen LogP contribution in [0.2, 0.25) is 0 Å². The van der Waals surface area contributed by atoms with Gasteiger partial charge in [-0.2, -0.15) is 5.26 Å². The number of nitrogens with zero attached hydrogens (tertiary/aromatic N) is 5. The molecule has 1 aromatic heterocycles. The van der Waals surface area contributed by atoms with Crippen LogP contribution in [0.25, 0.3) is 6.08 Å². The van der Waals surface area contributed by atoms with Crippen molar-refractivity contribution < 1.29 is 14.3 Å². The van der Waals surface area contributed by atoms with Crippen molar-refractivity contribution in [1.29, 1.82) is 5.26 Å². The first-order valence-corrected chi connectivity index (χ1v) is 15.7. The zero-order valence-corrected chi connectivity index (χ0v) is 27.0. The number of carbonyl (C=O) groups is 1. The van der Waals surface area contributed by atoms with Crippen molar-refractivity contribution in [3.8, 4) is 17.6 Å². The van der Waals surface area contributed by atoms with E-state index in [1.54, 1.807) is 30.6 Å². The lowest BCUT2D eigenvalue weighted by Gasteiger charge is -2.39. The minimum atomic E-state index is -0.312. The van der Waals surface area contributed by atoms with Crippen molar-refractivity contribution in [1.82, 2.24) is 9.47 Å². The van der Waals surface area contributed by atoms with Gasteiger partial charge in [0.05, 0.1) is 19.1 Å². The van der Waals surface area contributed by atoms with Gasteiger partial charge < -0.3 is 19.3 Å². The van der Waals surface area contributed by atoms with Crippen LogP contribution in [0.15, 0.2) is 58.2 Å². The van der Waals surface area contributed by atoms with E-state index in [0.29, 0.717) is 64.5 Å². The summed E-state index contributed by atoms with van der Waals surface area (Å²) in [6.45, 7) is 7.42. The summed E-state index contributed by atoms with van der Waals surface area (Å²) in [5, 5.41) is 9.93. The van der Waals surface area contributed by atoms with Crippen LogP contribution in [-0.4, -0.2) is 66.6 Å². The number of ether oxygens (including phenoxy) is 2. The molecule has 0 radical (unpaired) electrons. The van der Waals surface area contributed by atoms with Gasteiger partial charge in [-0.05, 0) is 61.7 Å². The largest absolute Gasteiger partial charge is 0.493 e. The van der Waals surface area contributed by atoms with Gasteiger partial charge in [-0.25, -0.2) is 0 Å². The normalized spacial score (nSPS) is 16.1. The number of aromatic nitrogens is 1. The first-order chi connectivity index (χ1) is 21.3. The van der Waals surface area contributed by atoms with Gasteiger partial charge in [0.15, 0.2) is 11.5 Å². The number of anilines is 2. The number of hydrogen-bond donors (Lipinski definition) is 0. The van der Waals surface area contributed by atoms with Gasteiger partial charge in [-0.1, -0.05) is 48.2 Å². The Bertz CT molecular complexity index is 1710. The number of nitriles is 1. The smallest absolute Gasteiger partial charge is 0.270 e. The molecule has 2 aliphatic rings. The molecule has 0 N–H and O–H groups in total. The zero-order chi connectivity index (χ0) is 31.4. The van der Waals surface area contributed by atoms with E-state index in [2.05, 4.69) is 28.0 Å². The summed E-state index contributed by atoms with van der Waals surface area (Å²) in [4.78, 5) is 33.7. The molecule has 0 spiro atoms. The van der Waals surface area contributed by atoms with Gasteiger partial charge in [0.2, 0.25) is 0 Å². The molecule has 5 rings (SSSR count). The van der Waals surface area contributed by atoms with E-state index in [-0.39, 0.29) is 17.0 Å². The predicted octanol–water partition coefficient (Wildman–Crippen LogP) is 4.84. The average molecular weight is 630 g/mol. The van der Waals surface area contributed by atoms with Crippen molar-refractivity contribution in [3.63, 3.8) is 0 Å². The summed E-state index contributed by atoms with van der Waals surface area (Å²) in [7, 11) is 3.18. The van der Waals surface area contributed by atoms with Crippen LogP contribution < -0.4 is 24.8 Å². The Labute approximate surface area is 267 Å². The van der Waals surface area contributed by atoms with Gasteiger partial charge in [0.1, 0.15) is 21.8 Å². The molecule has 0 bridgehead atoms. The fraction of sp³-hybridized carbons (Fsp3) is 0.333. The molecule has 0 atom stereocenters. The van der Waals surface area contributed by atoms with Crippen LogP contribution in [0.5, 0.6) is 11.5 Å². The molecule has 2 aliphatic heterocycles. The topological polar surface area (TPSA) is 91.0 Å². The molecule has 2 saturated heterocycles. The van der Waals surface area contributed by atoms with Crippen LogP contribution in [0.1, 0.15) is 29.2 Å². The average Bonchev–Trinajstić information content (AvgIpc) is 3.32. The lowest BCUT2D eigenvalue weighted by molar-refractivity contribution is -0.122. The second kappa shape index (κ2) is 13.6. The molecular weight excluding hydrogens is 595 g/mol. The Morgan fingerprint density at radius 3 is 2.32 bits per heavy atom. The molecule has 228 valence electrons. The van der Waals surface area contributed by atoms with Gasteiger partial charge in [0, 0.05) is 50.5 Å². The minimum Gasteiger partial charge on any atom is -0.493 e. The van der Waals surface area contributed by atoms with E-state index in [4.69, 9.17) is 21.7 Å². The zero-order valence-electron chi connectivity index (χ0n) is 25.3. The number of para-hydroxylation sites is 1. The highest BCUT2D eigenvalue weighted by Gasteiger charge is 2.33. The fourth-order valence-electron chi connectivity index (χ4n) is 5.69. The summed E-state index contributed by atoms with van der Waals surface area (Å²) in [5.74, 6) is 1.81. The number of pyridine rings is 1. The summed E-state index contributed by atoms with van der Waals surface area (Å²) in [6.07, 6.45) is 2.39. The van der Waals surface area contributed by atoms with Crippen molar-refractivity contribution in [3.05, 3.63) is 86.0 Å². The molecule has 2 fully saturated rings. The Balaban J connectivity index is 1.45. The van der Waals surface area contributed by atoms with E-state index in [1.165, 1.54) is 11.8 Å². The third-order valence-electron chi connectivity index (χ3n) is 8.08. The third kappa shape index (κ3) is 6.05. The highest BCUT2D eigenvalue weighted by Crippen LogP contribution is 2.37. The van der Waals surface area contributed by atoms with Gasteiger partial charge >= 0.3 is 0 Å². The summed E-state index contributed by atoms with van der Waals surface area (Å²) >= 11 is 6.89. The van der Waals surface area contributed by atoms with Gasteiger partial charge in [-0.3, -0.25) is 19.1 Å². The maximum atomic E-state index is 13.7. The number of carbonyl (C=O) groups excluding carboxylic acids is 1. The predicted molar refractivity (Wildman–Crippen MR) is 180 cm³/mol. The van der Waals surface area contributed by atoms with Crippen LogP contribution in [0, 0.1) is 18.3 Å². The molecule has 3 aromatic rings. The van der Waals surface area contributed by atoms with Gasteiger partial charge in [0.25, 0.3) is 11.5 Å². The first-order valence-electron chi connectivity index (χ1n) is 14.5. The molecule has 0 aliphatic carbocycles. The number of thioether (sulfide) groups is 1. The van der Waals surface area contributed by atoms with Crippen LogP contribution in [-0.2, 0) is 17.8 Å². The molecule has 1 amide bonds. The van der Waals surface area contributed by atoms with Crippen molar-refractivity contribution in [2.24, 2.45) is 0 Å². The van der Waals surface area contributed by atoms with E-state index >= 15 is 0 Å². The van der Waals surface area contributed by atoms with E-state index in [0.717, 1.165) is 30.2 Å².